The second-order valence-electron chi connectivity index (χ2n) is 9.05. The number of nitrogens with zero attached hydrogens (tertiary/aromatic N) is 2. The van der Waals surface area contributed by atoms with E-state index in [0.717, 1.165) is 18.0 Å². The quantitative estimate of drug-likeness (QED) is 0.533. The fourth-order valence-electron chi connectivity index (χ4n) is 4.83. The Morgan fingerprint density at radius 2 is 1.83 bits per heavy atom. The normalized spacial score (nSPS) is 22.8. The molecule has 0 bridgehead atoms. The molecule has 3 heterocycles. The number of hydrogen-bond donors (Lipinski definition) is 3. The van der Waals surface area contributed by atoms with Crippen LogP contribution in [-0.2, 0) is 34.0 Å². The molecule has 0 aliphatic carbocycles. The zero-order valence-corrected chi connectivity index (χ0v) is 19.2. The third-order valence-corrected chi connectivity index (χ3v) is 6.86. The van der Waals surface area contributed by atoms with Crippen molar-refractivity contribution in [2.45, 2.75) is 38.2 Å². The van der Waals surface area contributed by atoms with Gasteiger partial charge in [0, 0.05) is 67.0 Å². The average Bonchev–Trinajstić information content (AvgIpc) is 3.21. The van der Waals surface area contributed by atoms with Crippen molar-refractivity contribution in [1.82, 2.24) is 15.1 Å². The Morgan fingerprint density at radius 1 is 1.09 bits per heavy atom. The van der Waals surface area contributed by atoms with Gasteiger partial charge in [-0.2, -0.15) is 0 Å². The molecular weight excluding hydrogens is 455 g/mol. The number of imide groups is 1. The van der Waals surface area contributed by atoms with Gasteiger partial charge in [0.1, 0.15) is 5.82 Å². The Hall–Kier alpha value is -3.34. The van der Waals surface area contributed by atoms with Crippen LogP contribution in [0.25, 0.3) is 0 Å². The summed E-state index contributed by atoms with van der Waals surface area (Å²) in [4.78, 5) is 40.2. The molecule has 3 aliphatic heterocycles. The van der Waals surface area contributed by atoms with E-state index in [-0.39, 0.29) is 31.7 Å². The zero-order chi connectivity index (χ0) is 24.6. The lowest BCUT2D eigenvalue weighted by Crippen LogP contribution is -2.63. The standard InChI is InChI=1S/C25H27FN4O5/c26-22-16(3-1-4-17(22)14-29-9-11-35-12-10-29)13-27-20-6-2-5-18-19(20)15-30(23(18)32)25(34)8-7-21(31)28-24(25)33/h1-6,27,34H,7-15H2,(H,28,31,33). The van der Waals surface area contributed by atoms with Crippen molar-refractivity contribution in [3.8, 4) is 0 Å². The molecule has 1 atom stereocenters. The summed E-state index contributed by atoms with van der Waals surface area (Å²) in [6.45, 7) is 3.52. The number of carbonyl (C=O) groups excluding carboxylic acids is 3. The van der Waals surface area contributed by atoms with Crippen LogP contribution in [0.5, 0.6) is 0 Å². The SMILES string of the molecule is O=C1CCC(O)(N2Cc3c(NCc4cccc(CN5CCOCC5)c4F)cccc3C2=O)C(=O)N1. The first-order valence-corrected chi connectivity index (χ1v) is 11.7. The van der Waals surface area contributed by atoms with Crippen molar-refractivity contribution in [1.29, 1.82) is 0 Å². The van der Waals surface area contributed by atoms with Gasteiger partial charge in [0.2, 0.25) is 11.6 Å². The van der Waals surface area contributed by atoms with E-state index in [9.17, 15) is 19.5 Å². The van der Waals surface area contributed by atoms with E-state index in [1.807, 2.05) is 6.07 Å². The predicted molar refractivity (Wildman–Crippen MR) is 123 cm³/mol. The molecule has 0 spiro atoms. The first kappa shape index (κ1) is 23.4. The monoisotopic (exact) mass is 482 g/mol. The molecule has 0 aromatic heterocycles. The van der Waals surface area contributed by atoms with Gasteiger partial charge in [-0.25, -0.2) is 4.39 Å². The number of amides is 3. The van der Waals surface area contributed by atoms with Crippen LogP contribution in [-0.4, -0.2) is 64.7 Å². The molecule has 0 radical (unpaired) electrons. The lowest BCUT2D eigenvalue weighted by atomic mass is 10.00. The molecule has 1 unspecified atom stereocenters. The molecule has 2 aromatic rings. The molecule has 9 nitrogen and oxygen atoms in total. The average molecular weight is 483 g/mol. The Morgan fingerprint density at radius 3 is 2.60 bits per heavy atom. The van der Waals surface area contributed by atoms with Crippen molar-refractivity contribution >= 4 is 23.4 Å². The molecule has 3 aliphatic rings. The van der Waals surface area contributed by atoms with E-state index < -0.39 is 23.4 Å². The summed E-state index contributed by atoms with van der Waals surface area (Å²) in [5, 5.41) is 16.3. The van der Waals surface area contributed by atoms with Crippen LogP contribution < -0.4 is 10.6 Å². The van der Waals surface area contributed by atoms with Gasteiger partial charge in [0.05, 0.1) is 19.8 Å². The Balaban J connectivity index is 1.32. The number of piperidine rings is 1. The summed E-state index contributed by atoms with van der Waals surface area (Å²) in [7, 11) is 0. The van der Waals surface area contributed by atoms with E-state index in [2.05, 4.69) is 15.5 Å². The van der Waals surface area contributed by atoms with Gasteiger partial charge in [0.15, 0.2) is 0 Å². The van der Waals surface area contributed by atoms with E-state index >= 15 is 4.39 Å². The van der Waals surface area contributed by atoms with Crippen LogP contribution in [0.2, 0.25) is 0 Å². The van der Waals surface area contributed by atoms with Crippen molar-refractivity contribution in [3.63, 3.8) is 0 Å². The number of nitrogens with one attached hydrogen (secondary N) is 2. The lowest BCUT2D eigenvalue weighted by molar-refractivity contribution is -0.167. The van der Waals surface area contributed by atoms with Crippen LogP contribution in [0.1, 0.15) is 39.9 Å². The van der Waals surface area contributed by atoms with E-state index in [0.29, 0.717) is 47.7 Å². The van der Waals surface area contributed by atoms with Crippen LogP contribution in [0.4, 0.5) is 10.1 Å². The minimum Gasteiger partial charge on any atom is -0.381 e. The number of rotatable bonds is 6. The summed E-state index contributed by atoms with van der Waals surface area (Å²) in [6, 6.07) is 10.4. The lowest BCUT2D eigenvalue weighted by Gasteiger charge is -2.37. The molecule has 184 valence electrons. The summed E-state index contributed by atoms with van der Waals surface area (Å²) >= 11 is 0. The largest absolute Gasteiger partial charge is 0.381 e. The van der Waals surface area contributed by atoms with Crippen LogP contribution >= 0.6 is 0 Å². The number of aliphatic hydroxyl groups is 1. The Labute approximate surface area is 201 Å². The summed E-state index contributed by atoms with van der Waals surface area (Å²) in [6.07, 6.45) is -0.227. The highest BCUT2D eigenvalue weighted by molar-refractivity contribution is 6.07. The van der Waals surface area contributed by atoms with Crippen molar-refractivity contribution in [3.05, 3.63) is 64.5 Å². The molecule has 5 rings (SSSR count). The number of hydrogen-bond acceptors (Lipinski definition) is 7. The smallest absolute Gasteiger partial charge is 0.279 e. The molecule has 2 aromatic carbocycles. The molecule has 2 fully saturated rings. The van der Waals surface area contributed by atoms with Gasteiger partial charge in [-0.15, -0.1) is 0 Å². The molecule has 10 heteroatoms. The Bertz CT molecular complexity index is 1180. The second-order valence-corrected chi connectivity index (χ2v) is 9.05. The van der Waals surface area contributed by atoms with Crippen LogP contribution in [0.3, 0.4) is 0 Å². The summed E-state index contributed by atoms with van der Waals surface area (Å²) in [5.74, 6) is -2.14. The number of halogens is 1. The zero-order valence-electron chi connectivity index (χ0n) is 19.2. The van der Waals surface area contributed by atoms with E-state index in [4.69, 9.17) is 4.74 Å². The highest BCUT2D eigenvalue weighted by Crippen LogP contribution is 2.36. The van der Waals surface area contributed by atoms with E-state index in [1.165, 1.54) is 0 Å². The van der Waals surface area contributed by atoms with Crippen LogP contribution in [0, 0.1) is 5.82 Å². The molecule has 3 N–H and O–H groups in total. The fourth-order valence-corrected chi connectivity index (χ4v) is 4.83. The highest BCUT2D eigenvalue weighted by Gasteiger charge is 2.51. The molecule has 2 saturated heterocycles. The van der Waals surface area contributed by atoms with Crippen LogP contribution in [0.15, 0.2) is 36.4 Å². The predicted octanol–water partition coefficient (Wildman–Crippen LogP) is 1.35. The van der Waals surface area contributed by atoms with Crippen molar-refractivity contribution < 1.29 is 28.6 Å². The number of fused-ring (bicyclic) bond motifs is 1. The second kappa shape index (κ2) is 9.37. The first-order chi connectivity index (χ1) is 16.9. The van der Waals surface area contributed by atoms with Gasteiger partial charge in [-0.3, -0.25) is 29.5 Å². The molecule has 3 amide bonds. The third-order valence-electron chi connectivity index (χ3n) is 6.86. The summed E-state index contributed by atoms with van der Waals surface area (Å²) < 4.78 is 20.6. The van der Waals surface area contributed by atoms with Gasteiger partial charge in [-0.1, -0.05) is 24.3 Å². The first-order valence-electron chi connectivity index (χ1n) is 11.7. The Kier molecular flexibility index (Phi) is 6.26. The van der Waals surface area contributed by atoms with Gasteiger partial charge in [0.25, 0.3) is 11.8 Å². The number of ether oxygens (including phenoxy) is 1. The fraction of sp³-hybridized carbons (Fsp3) is 0.400. The topological polar surface area (TPSA) is 111 Å². The number of anilines is 1. The van der Waals surface area contributed by atoms with Crippen molar-refractivity contribution in [2.75, 3.05) is 31.6 Å². The van der Waals surface area contributed by atoms with Gasteiger partial charge < -0.3 is 15.2 Å². The molecule has 0 saturated carbocycles. The molecule has 35 heavy (non-hydrogen) atoms. The maximum Gasteiger partial charge on any atom is 0.279 e. The maximum atomic E-state index is 15.2. The van der Waals surface area contributed by atoms with Gasteiger partial charge in [-0.05, 0) is 12.1 Å². The maximum absolute atomic E-state index is 15.2. The van der Waals surface area contributed by atoms with E-state index in [1.54, 1.807) is 30.3 Å². The molecular formula is C25H27FN4O5. The minimum atomic E-state index is -2.10. The number of benzene rings is 2. The van der Waals surface area contributed by atoms with Gasteiger partial charge >= 0.3 is 0 Å². The number of carbonyl (C=O) groups is 3. The third kappa shape index (κ3) is 4.40. The number of morpholine rings is 1. The minimum absolute atomic E-state index is 0.00496. The highest BCUT2D eigenvalue weighted by atomic mass is 19.1. The van der Waals surface area contributed by atoms with Crippen molar-refractivity contribution in [2.24, 2.45) is 0 Å². The summed E-state index contributed by atoms with van der Waals surface area (Å²) in [5.41, 5.74) is 0.605.